The van der Waals surface area contributed by atoms with E-state index in [2.05, 4.69) is 11.2 Å². The number of aromatic nitrogens is 1. The zero-order valence-corrected chi connectivity index (χ0v) is 19.9. The highest BCUT2D eigenvalue weighted by Crippen LogP contribution is 2.27. The van der Waals surface area contributed by atoms with Gasteiger partial charge < -0.3 is 20.1 Å². The number of amides is 2. The predicted octanol–water partition coefficient (Wildman–Crippen LogP) is 1.61. The Morgan fingerprint density at radius 2 is 2.06 bits per heavy atom. The second kappa shape index (κ2) is 10.9. The minimum Gasteiger partial charge on any atom is -0.502 e. The molecule has 2 N–H and O–H groups in total. The van der Waals surface area contributed by atoms with Crippen LogP contribution in [0.5, 0.6) is 5.75 Å². The number of rotatable bonds is 8. The van der Waals surface area contributed by atoms with Gasteiger partial charge in [0.2, 0.25) is 5.43 Å². The van der Waals surface area contributed by atoms with Crippen molar-refractivity contribution in [3.8, 4) is 18.1 Å². The second-order valence-electron chi connectivity index (χ2n) is 9.15. The molecule has 0 radical (unpaired) electrons. The molecule has 9 nitrogen and oxygen atoms in total. The summed E-state index contributed by atoms with van der Waals surface area (Å²) in [4.78, 5) is 40.4. The topological polar surface area (TPSA) is 104 Å². The molecular formula is C24H33FN4O5. The number of carbonyl (C=O) groups is 2. The molecule has 3 atom stereocenters. The van der Waals surface area contributed by atoms with Crippen molar-refractivity contribution in [1.82, 2.24) is 14.9 Å². The maximum atomic E-state index is 14.2. The number of ether oxygens (including phenoxy) is 1. The first-order valence-corrected chi connectivity index (χ1v) is 11.6. The summed E-state index contributed by atoms with van der Waals surface area (Å²) in [6.07, 6.45) is 8.89. The van der Waals surface area contributed by atoms with Crippen LogP contribution in [0.15, 0.2) is 11.0 Å². The SMILES string of the molecule is C#CCC(COC)N1CN(C(C)C)C(=O)c2c(O)c(=O)c(C(=O)NCC3CCCCC3F)cn21. The van der Waals surface area contributed by atoms with E-state index in [1.54, 1.807) is 5.01 Å². The first kappa shape index (κ1) is 25.6. The van der Waals surface area contributed by atoms with Crippen LogP contribution in [0.25, 0.3) is 0 Å². The first-order chi connectivity index (χ1) is 16.2. The van der Waals surface area contributed by atoms with Crippen molar-refractivity contribution in [3.05, 3.63) is 27.7 Å². The fourth-order valence-corrected chi connectivity index (χ4v) is 4.56. The Hall–Kier alpha value is -3.06. The van der Waals surface area contributed by atoms with E-state index in [-0.39, 0.29) is 49.5 Å². The van der Waals surface area contributed by atoms with E-state index in [1.807, 2.05) is 13.8 Å². The molecule has 2 aliphatic rings. The van der Waals surface area contributed by atoms with Gasteiger partial charge in [-0.05, 0) is 26.7 Å². The molecular weight excluding hydrogens is 443 g/mol. The van der Waals surface area contributed by atoms with Crippen molar-refractivity contribution in [2.45, 2.75) is 64.2 Å². The molecule has 0 saturated heterocycles. The average Bonchev–Trinajstić information content (AvgIpc) is 2.80. The summed E-state index contributed by atoms with van der Waals surface area (Å²) in [5.41, 5.74) is -1.53. The minimum atomic E-state index is -0.999. The monoisotopic (exact) mass is 476 g/mol. The Balaban J connectivity index is 2.00. The van der Waals surface area contributed by atoms with Crippen LogP contribution in [-0.4, -0.2) is 71.7 Å². The summed E-state index contributed by atoms with van der Waals surface area (Å²) in [5.74, 6) is 0.190. The summed E-state index contributed by atoms with van der Waals surface area (Å²) < 4.78 is 20.8. The molecule has 3 rings (SSSR count). The van der Waals surface area contributed by atoms with Gasteiger partial charge in [0, 0.05) is 38.2 Å². The van der Waals surface area contributed by atoms with Crippen molar-refractivity contribution in [2.75, 3.05) is 31.9 Å². The normalized spacial score (nSPS) is 21.2. The number of hydrogen-bond acceptors (Lipinski definition) is 6. The van der Waals surface area contributed by atoms with Gasteiger partial charge in [0.15, 0.2) is 11.4 Å². The highest BCUT2D eigenvalue weighted by molar-refractivity contribution is 5.99. The predicted molar refractivity (Wildman–Crippen MR) is 125 cm³/mol. The van der Waals surface area contributed by atoms with Crippen molar-refractivity contribution in [3.63, 3.8) is 0 Å². The number of nitrogens with zero attached hydrogens (tertiary/aromatic N) is 3. The number of terminal acetylenes is 1. The van der Waals surface area contributed by atoms with Crippen molar-refractivity contribution in [1.29, 1.82) is 0 Å². The average molecular weight is 477 g/mol. The lowest BCUT2D eigenvalue weighted by Crippen LogP contribution is -2.60. The highest BCUT2D eigenvalue weighted by Gasteiger charge is 2.38. The number of nitrogens with one attached hydrogen (secondary N) is 1. The molecule has 1 aliphatic carbocycles. The zero-order chi connectivity index (χ0) is 25.0. The van der Waals surface area contributed by atoms with E-state index >= 15 is 0 Å². The quantitative estimate of drug-likeness (QED) is 0.553. The third-order valence-electron chi connectivity index (χ3n) is 6.55. The molecule has 1 fully saturated rings. The molecule has 2 heterocycles. The summed E-state index contributed by atoms with van der Waals surface area (Å²) in [7, 11) is 1.52. The Morgan fingerprint density at radius 3 is 2.68 bits per heavy atom. The molecule has 1 aliphatic heterocycles. The molecule has 1 aromatic rings. The number of aromatic hydroxyl groups is 1. The maximum Gasteiger partial charge on any atom is 0.278 e. The van der Waals surface area contributed by atoms with Crippen LogP contribution in [0.4, 0.5) is 4.39 Å². The van der Waals surface area contributed by atoms with Gasteiger partial charge in [-0.2, -0.15) is 0 Å². The van der Waals surface area contributed by atoms with Gasteiger partial charge in [-0.3, -0.25) is 24.1 Å². The molecule has 0 bridgehead atoms. The van der Waals surface area contributed by atoms with Crippen LogP contribution in [0.1, 0.15) is 66.8 Å². The fraction of sp³-hybridized carbons (Fsp3) is 0.625. The van der Waals surface area contributed by atoms with Gasteiger partial charge in [-0.1, -0.05) is 12.8 Å². The standard InChI is InChI=1S/C24H33FN4O5/c1-5-8-17(13-34-4)29-14-27(15(2)3)24(33)20-22(31)21(30)18(12-28(20)29)23(32)26-11-16-9-6-7-10-19(16)25/h1,12,15-17,19,31H,6-11,13-14H2,2-4H3,(H,26,32). The molecule has 2 amide bonds. The molecule has 186 valence electrons. The Labute approximate surface area is 198 Å². The molecule has 1 aromatic heterocycles. The third-order valence-corrected chi connectivity index (χ3v) is 6.55. The van der Waals surface area contributed by atoms with Crippen LogP contribution in [0.2, 0.25) is 0 Å². The van der Waals surface area contributed by atoms with Crippen LogP contribution < -0.4 is 15.8 Å². The largest absolute Gasteiger partial charge is 0.502 e. The molecule has 0 aromatic carbocycles. The van der Waals surface area contributed by atoms with Gasteiger partial charge in [0.05, 0.1) is 12.6 Å². The third kappa shape index (κ3) is 5.04. The molecule has 0 spiro atoms. The Kier molecular flexibility index (Phi) is 8.20. The number of hydrogen-bond donors (Lipinski definition) is 2. The van der Waals surface area contributed by atoms with E-state index in [4.69, 9.17) is 11.2 Å². The summed E-state index contributed by atoms with van der Waals surface area (Å²) >= 11 is 0. The van der Waals surface area contributed by atoms with Gasteiger partial charge in [0.25, 0.3) is 11.8 Å². The number of methoxy groups -OCH3 is 1. The Bertz CT molecular complexity index is 1020. The van der Waals surface area contributed by atoms with E-state index < -0.39 is 35.2 Å². The van der Waals surface area contributed by atoms with E-state index in [0.29, 0.717) is 12.8 Å². The van der Waals surface area contributed by atoms with E-state index in [9.17, 15) is 23.9 Å². The highest BCUT2D eigenvalue weighted by atomic mass is 19.1. The van der Waals surface area contributed by atoms with E-state index in [0.717, 1.165) is 12.8 Å². The minimum absolute atomic E-state index is 0.0924. The number of alkyl halides is 1. The maximum absolute atomic E-state index is 14.2. The van der Waals surface area contributed by atoms with Gasteiger partial charge in [-0.25, -0.2) is 4.39 Å². The van der Waals surface area contributed by atoms with Crippen LogP contribution >= 0.6 is 0 Å². The number of halogens is 1. The lowest BCUT2D eigenvalue weighted by atomic mass is 9.87. The lowest BCUT2D eigenvalue weighted by Gasteiger charge is -2.44. The van der Waals surface area contributed by atoms with Gasteiger partial charge in [-0.15, -0.1) is 12.3 Å². The zero-order valence-electron chi connectivity index (χ0n) is 19.9. The van der Waals surface area contributed by atoms with Crippen LogP contribution in [-0.2, 0) is 4.74 Å². The molecule has 10 heteroatoms. The molecule has 3 unspecified atom stereocenters. The van der Waals surface area contributed by atoms with Gasteiger partial charge >= 0.3 is 0 Å². The molecule has 1 saturated carbocycles. The smallest absolute Gasteiger partial charge is 0.278 e. The molecule has 34 heavy (non-hydrogen) atoms. The Morgan fingerprint density at radius 1 is 1.35 bits per heavy atom. The van der Waals surface area contributed by atoms with Crippen LogP contribution in [0, 0.1) is 18.3 Å². The van der Waals surface area contributed by atoms with Crippen molar-refractivity contribution in [2.24, 2.45) is 5.92 Å². The fourth-order valence-electron chi connectivity index (χ4n) is 4.56. The lowest BCUT2D eigenvalue weighted by molar-refractivity contribution is 0.0592. The second-order valence-corrected chi connectivity index (χ2v) is 9.15. The number of fused-ring (bicyclic) bond motifs is 1. The number of pyridine rings is 1. The summed E-state index contributed by atoms with van der Waals surface area (Å²) in [6, 6.07) is -0.616. The van der Waals surface area contributed by atoms with Gasteiger partial charge in [0.1, 0.15) is 18.4 Å². The van der Waals surface area contributed by atoms with E-state index in [1.165, 1.54) is 22.9 Å². The number of carbonyl (C=O) groups excluding carboxylic acids is 2. The first-order valence-electron chi connectivity index (χ1n) is 11.6. The summed E-state index contributed by atoms with van der Waals surface area (Å²) in [5, 5.41) is 15.1. The van der Waals surface area contributed by atoms with Crippen molar-refractivity contribution >= 4 is 11.8 Å². The van der Waals surface area contributed by atoms with Crippen LogP contribution in [0.3, 0.4) is 0 Å². The summed E-state index contributed by atoms with van der Waals surface area (Å²) in [6.45, 7) is 4.07. The van der Waals surface area contributed by atoms with Crippen molar-refractivity contribution < 1.29 is 23.8 Å².